The van der Waals surface area contributed by atoms with Crippen LogP contribution < -0.4 is 0 Å². The van der Waals surface area contributed by atoms with Gasteiger partial charge in [-0.2, -0.15) is 0 Å². The Morgan fingerprint density at radius 3 is 2.93 bits per heavy atom. The Morgan fingerprint density at radius 1 is 1.57 bits per heavy atom. The van der Waals surface area contributed by atoms with Crippen molar-refractivity contribution in [1.29, 1.82) is 0 Å². The molecular weight excluding hydrogens is 196 g/mol. The van der Waals surface area contributed by atoms with Crippen LogP contribution >= 0.6 is 11.3 Å². The SMILES string of the molecule is Cc1cc(C2CCCC2C(=O)O)cs1. The third kappa shape index (κ3) is 1.69. The molecule has 1 heterocycles. The van der Waals surface area contributed by atoms with E-state index in [4.69, 9.17) is 5.11 Å². The van der Waals surface area contributed by atoms with E-state index in [1.807, 2.05) is 0 Å². The predicted octanol–water partition coefficient (Wildman–Crippen LogP) is 3.02. The molecule has 14 heavy (non-hydrogen) atoms. The summed E-state index contributed by atoms with van der Waals surface area (Å²) >= 11 is 1.71. The highest BCUT2D eigenvalue weighted by Crippen LogP contribution is 2.40. The second kappa shape index (κ2) is 3.73. The molecule has 0 aliphatic heterocycles. The third-order valence-electron chi connectivity index (χ3n) is 3.01. The number of aliphatic carboxylic acids is 1. The van der Waals surface area contributed by atoms with Crippen LogP contribution in [0.3, 0.4) is 0 Å². The number of thiophene rings is 1. The number of aryl methyl sites for hydroxylation is 1. The van der Waals surface area contributed by atoms with Crippen molar-refractivity contribution in [3.8, 4) is 0 Å². The summed E-state index contributed by atoms with van der Waals surface area (Å²) in [5.74, 6) is -0.516. The van der Waals surface area contributed by atoms with Crippen LogP contribution in [0.2, 0.25) is 0 Å². The highest BCUT2D eigenvalue weighted by atomic mass is 32.1. The van der Waals surface area contributed by atoms with Gasteiger partial charge in [0.1, 0.15) is 0 Å². The Labute approximate surface area is 87.6 Å². The molecule has 0 spiro atoms. The zero-order chi connectivity index (χ0) is 10.1. The summed E-state index contributed by atoms with van der Waals surface area (Å²) in [6.07, 6.45) is 2.93. The Morgan fingerprint density at radius 2 is 2.36 bits per heavy atom. The molecule has 1 aromatic heterocycles. The van der Waals surface area contributed by atoms with Crippen LogP contribution in [0, 0.1) is 12.8 Å². The van der Waals surface area contributed by atoms with Gasteiger partial charge in [-0.3, -0.25) is 4.79 Å². The van der Waals surface area contributed by atoms with Crippen molar-refractivity contribution in [2.45, 2.75) is 32.1 Å². The molecule has 1 aromatic rings. The Bertz CT molecular complexity index is 343. The van der Waals surface area contributed by atoms with E-state index in [0.717, 1.165) is 19.3 Å². The van der Waals surface area contributed by atoms with E-state index >= 15 is 0 Å². The summed E-state index contributed by atoms with van der Waals surface area (Å²) in [7, 11) is 0. The molecule has 2 nitrogen and oxygen atoms in total. The maximum atomic E-state index is 11.0. The molecule has 1 aliphatic carbocycles. The molecule has 0 radical (unpaired) electrons. The molecule has 3 heteroatoms. The first-order valence-electron chi connectivity index (χ1n) is 4.96. The lowest BCUT2D eigenvalue weighted by molar-refractivity contribution is -0.142. The number of rotatable bonds is 2. The van der Waals surface area contributed by atoms with Crippen LogP contribution in [-0.2, 0) is 4.79 Å². The average molecular weight is 210 g/mol. The number of carbonyl (C=O) groups is 1. The summed E-state index contributed by atoms with van der Waals surface area (Å²) < 4.78 is 0. The second-order valence-corrected chi connectivity index (χ2v) is 5.09. The van der Waals surface area contributed by atoms with Gasteiger partial charge >= 0.3 is 5.97 Å². The average Bonchev–Trinajstić information content (AvgIpc) is 2.70. The highest BCUT2D eigenvalue weighted by molar-refractivity contribution is 7.10. The van der Waals surface area contributed by atoms with Crippen LogP contribution in [0.5, 0.6) is 0 Å². The van der Waals surface area contributed by atoms with E-state index < -0.39 is 5.97 Å². The van der Waals surface area contributed by atoms with E-state index in [0.29, 0.717) is 0 Å². The molecule has 1 saturated carbocycles. The summed E-state index contributed by atoms with van der Waals surface area (Å²) in [4.78, 5) is 12.3. The van der Waals surface area contributed by atoms with Crippen LogP contribution in [0.1, 0.15) is 35.6 Å². The van der Waals surface area contributed by atoms with Crippen molar-refractivity contribution >= 4 is 17.3 Å². The van der Waals surface area contributed by atoms with Gasteiger partial charge in [0.15, 0.2) is 0 Å². The van der Waals surface area contributed by atoms with Crippen molar-refractivity contribution in [3.05, 3.63) is 21.9 Å². The molecule has 2 unspecified atom stereocenters. The number of carboxylic acids is 1. The fourth-order valence-corrected chi connectivity index (χ4v) is 3.08. The van der Waals surface area contributed by atoms with Gasteiger partial charge in [0.25, 0.3) is 0 Å². The van der Waals surface area contributed by atoms with Crippen LogP contribution in [0.15, 0.2) is 11.4 Å². The lowest BCUT2D eigenvalue weighted by atomic mass is 9.91. The first-order chi connectivity index (χ1) is 6.68. The normalized spacial score (nSPS) is 26.6. The number of hydrogen-bond donors (Lipinski definition) is 1. The minimum atomic E-state index is -0.628. The van der Waals surface area contributed by atoms with E-state index in [1.54, 1.807) is 11.3 Å². The molecule has 2 rings (SSSR count). The predicted molar refractivity (Wildman–Crippen MR) is 56.8 cm³/mol. The molecule has 2 atom stereocenters. The molecular formula is C11H14O2S. The standard InChI is InChI=1S/C11H14O2S/c1-7-5-8(6-14-7)9-3-2-4-10(9)11(12)13/h5-6,9-10H,2-4H2,1H3,(H,12,13). The van der Waals surface area contributed by atoms with Crippen molar-refractivity contribution in [2.75, 3.05) is 0 Å². The zero-order valence-corrected chi connectivity index (χ0v) is 9.01. The van der Waals surface area contributed by atoms with Crippen molar-refractivity contribution < 1.29 is 9.90 Å². The first-order valence-corrected chi connectivity index (χ1v) is 5.84. The molecule has 0 aromatic carbocycles. The smallest absolute Gasteiger partial charge is 0.307 e. The number of carboxylic acid groups (broad SMARTS) is 1. The molecule has 1 fully saturated rings. The van der Waals surface area contributed by atoms with E-state index in [9.17, 15) is 4.79 Å². The van der Waals surface area contributed by atoms with Crippen LogP contribution in [-0.4, -0.2) is 11.1 Å². The molecule has 1 aliphatic rings. The van der Waals surface area contributed by atoms with Gasteiger partial charge in [0, 0.05) is 4.88 Å². The molecule has 0 amide bonds. The summed E-state index contributed by atoms with van der Waals surface area (Å²) in [6, 6.07) is 2.14. The maximum Gasteiger partial charge on any atom is 0.307 e. The zero-order valence-electron chi connectivity index (χ0n) is 8.19. The van der Waals surface area contributed by atoms with E-state index in [-0.39, 0.29) is 11.8 Å². The monoisotopic (exact) mass is 210 g/mol. The van der Waals surface area contributed by atoms with Gasteiger partial charge in [-0.15, -0.1) is 11.3 Å². The molecule has 76 valence electrons. The van der Waals surface area contributed by atoms with Gasteiger partial charge in [-0.05, 0) is 42.7 Å². The fourth-order valence-electron chi connectivity index (χ4n) is 2.31. The first kappa shape index (κ1) is 9.71. The lowest BCUT2D eigenvalue weighted by Crippen LogP contribution is -2.16. The van der Waals surface area contributed by atoms with E-state index in [1.165, 1.54) is 10.4 Å². The quantitative estimate of drug-likeness (QED) is 0.814. The minimum absolute atomic E-state index is 0.149. The highest BCUT2D eigenvalue weighted by Gasteiger charge is 2.34. The Balaban J connectivity index is 2.21. The fraction of sp³-hybridized carbons (Fsp3) is 0.545. The second-order valence-electron chi connectivity index (χ2n) is 3.97. The maximum absolute atomic E-state index is 11.0. The van der Waals surface area contributed by atoms with Gasteiger partial charge in [0.2, 0.25) is 0 Å². The lowest BCUT2D eigenvalue weighted by Gasteiger charge is -2.13. The Kier molecular flexibility index (Phi) is 2.59. The Hall–Kier alpha value is -0.830. The minimum Gasteiger partial charge on any atom is -0.481 e. The van der Waals surface area contributed by atoms with Crippen molar-refractivity contribution in [1.82, 2.24) is 0 Å². The van der Waals surface area contributed by atoms with Crippen LogP contribution in [0.25, 0.3) is 0 Å². The van der Waals surface area contributed by atoms with E-state index in [2.05, 4.69) is 18.4 Å². The van der Waals surface area contributed by atoms with Crippen molar-refractivity contribution in [2.24, 2.45) is 5.92 Å². The topological polar surface area (TPSA) is 37.3 Å². The summed E-state index contributed by atoms with van der Waals surface area (Å²) in [5.41, 5.74) is 1.23. The molecule has 0 bridgehead atoms. The summed E-state index contributed by atoms with van der Waals surface area (Å²) in [5, 5.41) is 11.2. The van der Waals surface area contributed by atoms with Gasteiger partial charge < -0.3 is 5.11 Å². The largest absolute Gasteiger partial charge is 0.481 e. The summed E-state index contributed by atoms with van der Waals surface area (Å²) in [6.45, 7) is 2.07. The molecule has 1 N–H and O–H groups in total. The van der Waals surface area contributed by atoms with Crippen molar-refractivity contribution in [3.63, 3.8) is 0 Å². The van der Waals surface area contributed by atoms with Crippen LogP contribution in [0.4, 0.5) is 0 Å². The van der Waals surface area contributed by atoms with Gasteiger partial charge in [0.05, 0.1) is 5.92 Å². The van der Waals surface area contributed by atoms with Gasteiger partial charge in [-0.1, -0.05) is 6.42 Å². The van der Waals surface area contributed by atoms with Gasteiger partial charge in [-0.25, -0.2) is 0 Å². The molecule has 0 saturated heterocycles. The number of hydrogen-bond acceptors (Lipinski definition) is 2. The third-order valence-corrected chi connectivity index (χ3v) is 3.89.